The third kappa shape index (κ3) is 2.55. The second-order valence-electron chi connectivity index (χ2n) is 6.64. The molecule has 26 heavy (non-hydrogen) atoms. The smallest absolute Gasteiger partial charge is 0.231 e. The summed E-state index contributed by atoms with van der Waals surface area (Å²) in [4.78, 5) is 20.7. The maximum absolute atomic E-state index is 13.0. The minimum Gasteiger partial charge on any atom is -0.309 e. The predicted octanol–water partition coefficient (Wildman–Crippen LogP) is 4.22. The SMILES string of the molecule is Cc1cc2scnc2cc1-c1ccc2nc(NC(=O)[C@@H]3C[C@@H]3F)cn2c1. The maximum Gasteiger partial charge on any atom is 0.231 e. The van der Waals surface area contributed by atoms with Crippen LogP contribution in [0.1, 0.15) is 12.0 Å². The van der Waals surface area contributed by atoms with Crippen LogP contribution in [0.5, 0.6) is 0 Å². The Labute approximate surface area is 152 Å². The van der Waals surface area contributed by atoms with Crippen LogP contribution in [-0.2, 0) is 4.79 Å². The van der Waals surface area contributed by atoms with Crippen LogP contribution < -0.4 is 5.32 Å². The van der Waals surface area contributed by atoms with Crippen LogP contribution in [0.15, 0.2) is 42.2 Å². The van der Waals surface area contributed by atoms with Crippen molar-refractivity contribution in [2.24, 2.45) is 5.92 Å². The van der Waals surface area contributed by atoms with Crippen molar-refractivity contribution >= 4 is 38.9 Å². The number of nitrogens with one attached hydrogen (secondary N) is 1. The van der Waals surface area contributed by atoms with Crippen LogP contribution in [-0.4, -0.2) is 26.4 Å². The van der Waals surface area contributed by atoms with Gasteiger partial charge in [-0.25, -0.2) is 14.4 Å². The Balaban J connectivity index is 1.50. The van der Waals surface area contributed by atoms with Gasteiger partial charge < -0.3 is 9.72 Å². The van der Waals surface area contributed by atoms with Gasteiger partial charge in [-0.05, 0) is 54.3 Å². The maximum atomic E-state index is 13.0. The van der Waals surface area contributed by atoms with Gasteiger partial charge in [0, 0.05) is 6.20 Å². The van der Waals surface area contributed by atoms with Gasteiger partial charge >= 0.3 is 0 Å². The molecule has 1 saturated carbocycles. The molecule has 1 aliphatic rings. The van der Waals surface area contributed by atoms with Gasteiger partial charge in [0.15, 0.2) is 5.82 Å². The first kappa shape index (κ1) is 15.5. The second kappa shape index (κ2) is 5.60. The van der Waals surface area contributed by atoms with Crippen LogP contribution >= 0.6 is 11.3 Å². The van der Waals surface area contributed by atoms with Gasteiger partial charge in [-0.3, -0.25) is 4.79 Å². The third-order valence-electron chi connectivity index (χ3n) is 4.74. The molecule has 1 N–H and O–H groups in total. The number of rotatable bonds is 3. The van der Waals surface area contributed by atoms with E-state index in [-0.39, 0.29) is 5.91 Å². The topological polar surface area (TPSA) is 59.3 Å². The molecule has 1 amide bonds. The third-order valence-corrected chi connectivity index (χ3v) is 5.53. The second-order valence-corrected chi connectivity index (χ2v) is 7.53. The number of hydrogen-bond acceptors (Lipinski definition) is 4. The molecule has 1 fully saturated rings. The lowest BCUT2D eigenvalue weighted by Crippen LogP contribution is -2.15. The molecule has 3 aromatic heterocycles. The summed E-state index contributed by atoms with van der Waals surface area (Å²) < 4.78 is 16.1. The average Bonchev–Trinajstić information content (AvgIpc) is 3.02. The largest absolute Gasteiger partial charge is 0.309 e. The zero-order valence-electron chi connectivity index (χ0n) is 13.9. The summed E-state index contributed by atoms with van der Waals surface area (Å²) in [5.41, 5.74) is 6.90. The number of amides is 1. The number of nitrogens with zero attached hydrogens (tertiary/aromatic N) is 3. The number of anilines is 1. The Hall–Kier alpha value is -2.80. The Morgan fingerprint density at radius 1 is 1.35 bits per heavy atom. The molecule has 4 aromatic rings. The number of aryl methyl sites for hydroxylation is 1. The van der Waals surface area contributed by atoms with E-state index in [2.05, 4.69) is 34.3 Å². The van der Waals surface area contributed by atoms with Crippen LogP contribution in [0.3, 0.4) is 0 Å². The number of halogens is 1. The van der Waals surface area contributed by atoms with Gasteiger partial charge in [-0.15, -0.1) is 11.3 Å². The Morgan fingerprint density at radius 3 is 3.00 bits per heavy atom. The highest BCUT2D eigenvalue weighted by Gasteiger charge is 2.43. The molecule has 5 rings (SSSR count). The molecule has 0 unspecified atom stereocenters. The molecule has 0 aliphatic heterocycles. The molecule has 3 heterocycles. The Bertz CT molecular complexity index is 1160. The minimum atomic E-state index is -1.01. The molecule has 1 aliphatic carbocycles. The molecule has 7 heteroatoms. The fourth-order valence-electron chi connectivity index (χ4n) is 3.18. The fraction of sp³-hybridized carbons (Fsp3) is 0.211. The molecule has 0 spiro atoms. The molecule has 0 radical (unpaired) electrons. The summed E-state index contributed by atoms with van der Waals surface area (Å²) in [6, 6.07) is 8.16. The predicted molar refractivity (Wildman–Crippen MR) is 100 cm³/mol. The number of thiazole rings is 1. The standard InChI is InChI=1S/C19H15FN4OS/c1-10-4-16-15(21-9-26-16)6-12(10)11-2-3-18-22-17(8-24(18)7-11)23-19(25)13-5-14(13)20/h2-4,6-9,13-14H,5H2,1H3,(H,23,25)/t13-,14+/m1/s1. The van der Waals surface area contributed by atoms with E-state index in [4.69, 9.17) is 0 Å². The Kier molecular flexibility index (Phi) is 3.33. The van der Waals surface area contributed by atoms with Gasteiger partial charge in [-0.2, -0.15) is 0 Å². The lowest BCUT2D eigenvalue weighted by Gasteiger charge is -2.07. The molecule has 2 atom stereocenters. The number of alkyl halides is 1. The van der Waals surface area contributed by atoms with Crippen molar-refractivity contribution in [1.29, 1.82) is 0 Å². The van der Waals surface area contributed by atoms with Crippen molar-refractivity contribution in [3.63, 3.8) is 0 Å². The number of carbonyl (C=O) groups excluding carboxylic acids is 1. The molecule has 0 saturated heterocycles. The normalized spacial score (nSPS) is 19.2. The van der Waals surface area contributed by atoms with Gasteiger partial charge in [0.05, 0.1) is 27.8 Å². The molecule has 0 bridgehead atoms. The van der Waals surface area contributed by atoms with Crippen LogP contribution in [0.4, 0.5) is 10.2 Å². The number of imidazole rings is 1. The van der Waals surface area contributed by atoms with E-state index in [1.54, 1.807) is 17.5 Å². The van der Waals surface area contributed by atoms with Crippen molar-refractivity contribution in [3.05, 3.63) is 47.7 Å². The summed E-state index contributed by atoms with van der Waals surface area (Å²) in [5.74, 6) is -0.383. The summed E-state index contributed by atoms with van der Waals surface area (Å²) in [6.45, 7) is 2.08. The number of fused-ring (bicyclic) bond motifs is 2. The first-order valence-corrected chi connectivity index (χ1v) is 9.24. The zero-order valence-corrected chi connectivity index (χ0v) is 14.8. The van der Waals surface area contributed by atoms with E-state index < -0.39 is 12.1 Å². The van der Waals surface area contributed by atoms with E-state index in [1.807, 2.05) is 28.2 Å². The summed E-state index contributed by atoms with van der Waals surface area (Å²) in [7, 11) is 0. The van der Waals surface area contributed by atoms with Gasteiger partial charge in [0.2, 0.25) is 5.91 Å². The highest BCUT2D eigenvalue weighted by molar-refractivity contribution is 7.16. The van der Waals surface area contributed by atoms with Crippen LogP contribution in [0.2, 0.25) is 0 Å². The zero-order chi connectivity index (χ0) is 17.8. The van der Waals surface area contributed by atoms with Gasteiger partial charge in [-0.1, -0.05) is 0 Å². The molecule has 5 nitrogen and oxygen atoms in total. The lowest BCUT2D eigenvalue weighted by atomic mass is 10.0. The summed E-state index contributed by atoms with van der Waals surface area (Å²) >= 11 is 1.63. The van der Waals surface area contributed by atoms with Crippen molar-refractivity contribution in [2.45, 2.75) is 19.5 Å². The monoisotopic (exact) mass is 366 g/mol. The Morgan fingerprint density at radius 2 is 2.19 bits per heavy atom. The highest BCUT2D eigenvalue weighted by atomic mass is 32.1. The lowest BCUT2D eigenvalue weighted by molar-refractivity contribution is -0.117. The highest BCUT2D eigenvalue weighted by Crippen LogP contribution is 2.35. The molecular weight excluding hydrogens is 351 g/mol. The number of benzene rings is 1. The average molecular weight is 366 g/mol. The van der Waals surface area contributed by atoms with Crippen molar-refractivity contribution < 1.29 is 9.18 Å². The van der Waals surface area contributed by atoms with Crippen molar-refractivity contribution in [2.75, 3.05) is 5.32 Å². The summed E-state index contributed by atoms with van der Waals surface area (Å²) in [5, 5.41) is 2.70. The quantitative estimate of drug-likeness (QED) is 0.591. The number of aromatic nitrogens is 3. The van der Waals surface area contributed by atoms with Crippen LogP contribution in [0, 0.1) is 12.8 Å². The number of hydrogen-bond donors (Lipinski definition) is 1. The number of carbonyl (C=O) groups is 1. The van der Waals surface area contributed by atoms with Crippen molar-refractivity contribution in [1.82, 2.24) is 14.4 Å². The molecule has 1 aromatic carbocycles. The first-order chi connectivity index (χ1) is 12.6. The van der Waals surface area contributed by atoms with Crippen molar-refractivity contribution in [3.8, 4) is 11.1 Å². The minimum absolute atomic E-state index is 0.300. The van der Waals surface area contributed by atoms with E-state index in [1.165, 1.54) is 10.3 Å². The molecular formula is C19H15FN4OS. The van der Waals surface area contributed by atoms with E-state index >= 15 is 0 Å². The van der Waals surface area contributed by atoms with Gasteiger partial charge in [0.1, 0.15) is 11.8 Å². The fourth-order valence-corrected chi connectivity index (χ4v) is 3.94. The van der Waals surface area contributed by atoms with E-state index in [9.17, 15) is 9.18 Å². The molecule has 130 valence electrons. The van der Waals surface area contributed by atoms with E-state index in [0.29, 0.717) is 12.2 Å². The first-order valence-electron chi connectivity index (χ1n) is 8.36. The summed E-state index contributed by atoms with van der Waals surface area (Å²) in [6.07, 6.45) is 3.03. The van der Waals surface area contributed by atoms with E-state index in [0.717, 1.165) is 22.3 Å². The van der Waals surface area contributed by atoms with Gasteiger partial charge in [0.25, 0.3) is 0 Å². The van der Waals surface area contributed by atoms with Crippen LogP contribution in [0.25, 0.3) is 27.0 Å². The number of pyridine rings is 1.